The summed E-state index contributed by atoms with van der Waals surface area (Å²) in [5, 5.41) is 12.2. The molecule has 0 spiro atoms. The van der Waals surface area contributed by atoms with Crippen molar-refractivity contribution in [3.63, 3.8) is 0 Å². The van der Waals surface area contributed by atoms with Gasteiger partial charge in [0.25, 0.3) is 11.8 Å². The number of anilines is 1. The molecule has 0 saturated carbocycles. The zero-order chi connectivity index (χ0) is 21.3. The van der Waals surface area contributed by atoms with E-state index in [2.05, 4.69) is 5.32 Å². The van der Waals surface area contributed by atoms with Gasteiger partial charge in [-0.05, 0) is 38.5 Å². The number of carbonyl (C=O) groups excluding carboxylic acids is 4. The Labute approximate surface area is 170 Å². The number of rotatable bonds is 5. The van der Waals surface area contributed by atoms with Gasteiger partial charge in [0, 0.05) is 0 Å². The molecule has 2 aromatic rings. The van der Waals surface area contributed by atoms with Crippen LogP contribution in [0.1, 0.15) is 55.4 Å². The number of imide groups is 1. The second-order valence-corrected chi connectivity index (χ2v) is 7.30. The second-order valence-electron chi connectivity index (χ2n) is 6.28. The van der Waals surface area contributed by atoms with Gasteiger partial charge in [-0.15, -0.1) is 11.3 Å². The third kappa shape index (κ3) is 3.39. The third-order valence-electron chi connectivity index (χ3n) is 4.55. The Hall–Kier alpha value is -3.51. The number of thiophene rings is 1. The molecule has 3 rings (SSSR count). The van der Waals surface area contributed by atoms with Crippen LogP contribution in [0.25, 0.3) is 0 Å². The van der Waals surface area contributed by atoms with Crippen molar-refractivity contribution < 1.29 is 23.9 Å². The fraction of sp³-hybridized carbons (Fsp3) is 0.250. The van der Waals surface area contributed by atoms with E-state index < -0.39 is 29.7 Å². The van der Waals surface area contributed by atoms with Crippen molar-refractivity contribution in [3.05, 3.63) is 51.4 Å². The minimum atomic E-state index is -1.11. The average Bonchev–Trinajstić information content (AvgIpc) is 3.15. The Morgan fingerprint density at radius 1 is 1.24 bits per heavy atom. The number of carbonyl (C=O) groups is 4. The Morgan fingerprint density at radius 2 is 1.83 bits per heavy atom. The van der Waals surface area contributed by atoms with Gasteiger partial charge in [0.05, 0.1) is 23.3 Å². The number of hydrogen-bond donors (Lipinski definition) is 1. The molecule has 2 heterocycles. The number of amides is 3. The van der Waals surface area contributed by atoms with E-state index in [-0.39, 0.29) is 33.2 Å². The predicted octanol–water partition coefficient (Wildman–Crippen LogP) is 2.73. The smallest absolute Gasteiger partial charge is 0.348 e. The van der Waals surface area contributed by atoms with Crippen LogP contribution in [0, 0.1) is 18.3 Å². The van der Waals surface area contributed by atoms with Crippen molar-refractivity contribution in [1.29, 1.82) is 5.26 Å². The minimum Gasteiger partial charge on any atom is -0.462 e. The van der Waals surface area contributed by atoms with Gasteiger partial charge in [-0.3, -0.25) is 19.3 Å². The summed E-state index contributed by atoms with van der Waals surface area (Å²) in [7, 11) is 0. The van der Waals surface area contributed by atoms with E-state index >= 15 is 0 Å². The molecule has 8 nitrogen and oxygen atoms in total. The van der Waals surface area contributed by atoms with E-state index in [1.54, 1.807) is 26.0 Å². The normalized spacial score (nSPS) is 13.7. The van der Waals surface area contributed by atoms with Crippen molar-refractivity contribution in [2.24, 2.45) is 0 Å². The Balaban J connectivity index is 1.85. The summed E-state index contributed by atoms with van der Waals surface area (Å²) in [6, 6.07) is 7.20. The number of benzene rings is 1. The summed E-state index contributed by atoms with van der Waals surface area (Å²) >= 11 is 0.919. The topological polar surface area (TPSA) is 117 Å². The van der Waals surface area contributed by atoms with Crippen LogP contribution in [0.15, 0.2) is 24.3 Å². The van der Waals surface area contributed by atoms with Gasteiger partial charge in [0.1, 0.15) is 22.0 Å². The first kappa shape index (κ1) is 20.2. The maximum atomic E-state index is 12.7. The molecule has 0 aliphatic carbocycles. The van der Waals surface area contributed by atoms with Gasteiger partial charge in [-0.2, -0.15) is 5.26 Å². The summed E-state index contributed by atoms with van der Waals surface area (Å²) in [5.41, 5.74) is 1.03. The maximum Gasteiger partial charge on any atom is 0.348 e. The zero-order valence-electron chi connectivity index (χ0n) is 15.9. The average molecular weight is 411 g/mol. The Morgan fingerprint density at radius 3 is 2.34 bits per heavy atom. The number of esters is 1. The van der Waals surface area contributed by atoms with Gasteiger partial charge in [-0.25, -0.2) is 4.79 Å². The van der Waals surface area contributed by atoms with Crippen LogP contribution in [-0.2, 0) is 9.53 Å². The summed E-state index contributed by atoms with van der Waals surface area (Å²) in [4.78, 5) is 51.0. The quantitative estimate of drug-likeness (QED) is 0.597. The molecule has 0 fully saturated rings. The summed E-state index contributed by atoms with van der Waals surface area (Å²) in [6.07, 6.45) is 0. The van der Waals surface area contributed by atoms with Gasteiger partial charge in [0.2, 0.25) is 5.91 Å². The van der Waals surface area contributed by atoms with Crippen LogP contribution < -0.4 is 5.32 Å². The van der Waals surface area contributed by atoms with Crippen molar-refractivity contribution in [2.45, 2.75) is 26.8 Å². The molecule has 0 radical (unpaired) electrons. The standard InChI is InChI=1S/C20H17N3O5S/c1-4-28-20(27)15-10(2)14(9-21)17(29-15)22-16(24)11(3)23-18(25)12-7-5-6-8-13(12)19(23)26/h5-8,11H,4H2,1-3H3,(H,22,24)/t11-/m1/s1. The Bertz CT molecular complexity index is 1050. The fourth-order valence-electron chi connectivity index (χ4n) is 3.02. The van der Waals surface area contributed by atoms with Crippen molar-refractivity contribution in [3.8, 4) is 6.07 Å². The number of nitrogens with one attached hydrogen (secondary N) is 1. The lowest BCUT2D eigenvalue weighted by atomic mass is 10.1. The second kappa shape index (κ2) is 7.85. The highest BCUT2D eigenvalue weighted by Crippen LogP contribution is 2.33. The summed E-state index contributed by atoms with van der Waals surface area (Å²) in [6.45, 7) is 4.86. The molecule has 1 aliphatic heterocycles. The van der Waals surface area contributed by atoms with Gasteiger partial charge in [0.15, 0.2) is 0 Å². The van der Waals surface area contributed by atoms with E-state index in [1.807, 2.05) is 6.07 Å². The minimum absolute atomic E-state index is 0.140. The van der Waals surface area contributed by atoms with Gasteiger partial charge in [-0.1, -0.05) is 12.1 Å². The molecule has 0 saturated heterocycles. The largest absolute Gasteiger partial charge is 0.462 e. The van der Waals surface area contributed by atoms with Crippen molar-refractivity contribution >= 4 is 40.0 Å². The third-order valence-corrected chi connectivity index (χ3v) is 5.74. The lowest BCUT2D eigenvalue weighted by molar-refractivity contribution is -0.119. The molecule has 29 heavy (non-hydrogen) atoms. The van der Waals surface area contributed by atoms with E-state index in [4.69, 9.17) is 4.74 Å². The van der Waals surface area contributed by atoms with Crippen LogP contribution in [0.5, 0.6) is 0 Å². The van der Waals surface area contributed by atoms with Crippen molar-refractivity contribution in [1.82, 2.24) is 4.90 Å². The lowest BCUT2D eigenvalue weighted by Gasteiger charge is -2.21. The SMILES string of the molecule is CCOC(=O)c1sc(NC(=O)[C@@H](C)N2C(=O)c3ccccc3C2=O)c(C#N)c1C. The number of ether oxygens (including phenoxy) is 1. The zero-order valence-corrected chi connectivity index (χ0v) is 16.8. The molecule has 1 aliphatic rings. The monoisotopic (exact) mass is 411 g/mol. The lowest BCUT2D eigenvalue weighted by Crippen LogP contribution is -2.45. The highest BCUT2D eigenvalue weighted by Gasteiger charge is 2.40. The molecular formula is C20H17N3O5S. The van der Waals surface area contributed by atoms with Crippen LogP contribution in [-0.4, -0.2) is 41.2 Å². The van der Waals surface area contributed by atoms with Crippen LogP contribution in [0.4, 0.5) is 5.00 Å². The molecule has 3 amide bonds. The molecule has 9 heteroatoms. The summed E-state index contributed by atoms with van der Waals surface area (Å²) < 4.78 is 4.97. The number of hydrogen-bond acceptors (Lipinski definition) is 7. The predicted molar refractivity (Wildman–Crippen MR) is 105 cm³/mol. The molecule has 1 aromatic heterocycles. The molecule has 1 aromatic carbocycles. The van der Waals surface area contributed by atoms with Gasteiger partial charge >= 0.3 is 5.97 Å². The summed E-state index contributed by atoms with van der Waals surface area (Å²) in [5.74, 6) is -2.33. The van der Waals surface area contributed by atoms with E-state index in [0.29, 0.717) is 5.56 Å². The maximum absolute atomic E-state index is 12.7. The fourth-order valence-corrected chi connectivity index (χ4v) is 4.07. The van der Waals surface area contributed by atoms with E-state index in [1.165, 1.54) is 19.1 Å². The first-order valence-electron chi connectivity index (χ1n) is 8.80. The Kier molecular flexibility index (Phi) is 5.48. The molecule has 148 valence electrons. The van der Waals surface area contributed by atoms with Crippen molar-refractivity contribution in [2.75, 3.05) is 11.9 Å². The molecule has 0 unspecified atom stereocenters. The van der Waals surface area contributed by atoms with Crippen LogP contribution in [0.3, 0.4) is 0 Å². The molecule has 0 bridgehead atoms. The van der Waals surface area contributed by atoms with E-state index in [9.17, 15) is 24.4 Å². The molecule has 1 atom stereocenters. The molecular weight excluding hydrogens is 394 g/mol. The van der Waals surface area contributed by atoms with Crippen LogP contribution >= 0.6 is 11.3 Å². The highest BCUT2D eigenvalue weighted by molar-refractivity contribution is 7.18. The number of nitriles is 1. The number of fused-ring (bicyclic) bond motifs is 1. The highest BCUT2D eigenvalue weighted by atomic mass is 32.1. The first-order valence-corrected chi connectivity index (χ1v) is 9.61. The first-order chi connectivity index (χ1) is 13.8. The van der Waals surface area contributed by atoms with Gasteiger partial charge < -0.3 is 10.1 Å². The van der Waals surface area contributed by atoms with E-state index in [0.717, 1.165) is 16.2 Å². The number of nitrogens with zero attached hydrogens (tertiary/aromatic N) is 2. The molecule has 1 N–H and O–H groups in total. The van der Waals surface area contributed by atoms with Crippen LogP contribution in [0.2, 0.25) is 0 Å².